The number of likely N-dealkylation sites (tertiary alicyclic amines) is 1. The maximum absolute atomic E-state index is 12.7. The van der Waals surface area contributed by atoms with Crippen molar-refractivity contribution in [3.63, 3.8) is 0 Å². The van der Waals surface area contributed by atoms with Crippen LogP contribution in [0.3, 0.4) is 0 Å². The molecular formula is C24H32N2O. The molecule has 1 aliphatic rings. The van der Waals surface area contributed by atoms with Crippen molar-refractivity contribution in [1.29, 1.82) is 0 Å². The first-order valence-electron chi connectivity index (χ1n) is 10.1. The van der Waals surface area contributed by atoms with Gasteiger partial charge in [0.05, 0.1) is 6.04 Å². The number of benzene rings is 2. The van der Waals surface area contributed by atoms with Crippen molar-refractivity contribution in [3.05, 3.63) is 70.3 Å². The number of carbonyl (C=O) groups is 1. The lowest BCUT2D eigenvalue weighted by molar-refractivity contribution is -0.127. The Kier molecular flexibility index (Phi) is 6.33. The van der Waals surface area contributed by atoms with E-state index in [0.717, 1.165) is 32.5 Å². The average molecular weight is 365 g/mol. The van der Waals surface area contributed by atoms with Crippen molar-refractivity contribution in [3.8, 4) is 0 Å². The average Bonchev–Trinajstić information content (AvgIpc) is 2.64. The van der Waals surface area contributed by atoms with Crippen molar-refractivity contribution < 1.29 is 4.79 Å². The minimum absolute atomic E-state index is 0.0575. The van der Waals surface area contributed by atoms with E-state index in [1.807, 2.05) is 0 Å². The first-order valence-corrected chi connectivity index (χ1v) is 10.1. The number of rotatable bonds is 5. The summed E-state index contributed by atoms with van der Waals surface area (Å²) < 4.78 is 0. The summed E-state index contributed by atoms with van der Waals surface area (Å²) in [6.07, 6.45) is 1.88. The molecule has 1 amide bonds. The molecule has 0 aromatic heterocycles. The van der Waals surface area contributed by atoms with Crippen LogP contribution < -0.4 is 5.32 Å². The van der Waals surface area contributed by atoms with Gasteiger partial charge in [0, 0.05) is 12.5 Å². The fourth-order valence-electron chi connectivity index (χ4n) is 3.87. The zero-order chi connectivity index (χ0) is 19.4. The molecule has 0 aliphatic carbocycles. The lowest BCUT2D eigenvalue weighted by Gasteiger charge is -2.32. The minimum atomic E-state index is 0.0575. The summed E-state index contributed by atoms with van der Waals surface area (Å²) >= 11 is 0. The van der Waals surface area contributed by atoms with E-state index in [1.165, 1.54) is 27.8 Å². The summed E-state index contributed by atoms with van der Waals surface area (Å²) in [6, 6.07) is 15.2. The Balaban J connectivity index is 1.50. The quantitative estimate of drug-likeness (QED) is 0.834. The van der Waals surface area contributed by atoms with Gasteiger partial charge in [-0.3, -0.25) is 9.69 Å². The summed E-state index contributed by atoms with van der Waals surface area (Å²) in [5.41, 5.74) is 6.42. The number of piperidine rings is 1. The molecule has 1 aliphatic heterocycles. The SMILES string of the molecule is Cc1cccc(CN2CCC(C(=O)N[C@H](C)c3ccc(C)c(C)c3)CC2)c1. The molecule has 27 heavy (non-hydrogen) atoms. The molecule has 144 valence electrons. The topological polar surface area (TPSA) is 32.3 Å². The maximum atomic E-state index is 12.7. The van der Waals surface area contributed by atoms with E-state index in [0.29, 0.717) is 0 Å². The third-order valence-corrected chi connectivity index (χ3v) is 5.84. The third kappa shape index (κ3) is 5.20. The monoisotopic (exact) mass is 364 g/mol. The lowest BCUT2D eigenvalue weighted by atomic mass is 9.94. The van der Waals surface area contributed by atoms with Crippen LogP contribution >= 0.6 is 0 Å². The van der Waals surface area contributed by atoms with Crippen LogP contribution in [0.15, 0.2) is 42.5 Å². The van der Waals surface area contributed by atoms with Gasteiger partial charge in [-0.1, -0.05) is 48.0 Å². The molecule has 1 saturated heterocycles. The minimum Gasteiger partial charge on any atom is -0.349 e. The van der Waals surface area contributed by atoms with Crippen LogP contribution in [0.2, 0.25) is 0 Å². The molecule has 0 bridgehead atoms. The van der Waals surface area contributed by atoms with E-state index in [2.05, 4.69) is 80.4 Å². The normalized spacial score (nSPS) is 16.9. The summed E-state index contributed by atoms with van der Waals surface area (Å²) in [7, 11) is 0. The fraction of sp³-hybridized carbons (Fsp3) is 0.458. The smallest absolute Gasteiger partial charge is 0.223 e. The number of aryl methyl sites for hydroxylation is 3. The van der Waals surface area contributed by atoms with Crippen molar-refractivity contribution in [2.45, 2.75) is 53.1 Å². The number of hydrogen-bond acceptors (Lipinski definition) is 2. The molecular weight excluding hydrogens is 332 g/mol. The van der Waals surface area contributed by atoms with Gasteiger partial charge in [0.1, 0.15) is 0 Å². The largest absolute Gasteiger partial charge is 0.349 e. The van der Waals surface area contributed by atoms with Crippen molar-refractivity contribution in [2.24, 2.45) is 5.92 Å². The second-order valence-corrected chi connectivity index (χ2v) is 8.11. The first-order chi connectivity index (χ1) is 12.9. The Bertz CT molecular complexity index is 791. The van der Waals surface area contributed by atoms with Crippen LogP contribution in [0, 0.1) is 26.7 Å². The van der Waals surface area contributed by atoms with Crippen LogP contribution in [0.5, 0.6) is 0 Å². The molecule has 1 fully saturated rings. The molecule has 1 heterocycles. The summed E-state index contributed by atoms with van der Waals surface area (Å²) in [5.74, 6) is 0.337. The fourth-order valence-corrected chi connectivity index (χ4v) is 3.87. The lowest BCUT2D eigenvalue weighted by Crippen LogP contribution is -2.40. The number of nitrogens with one attached hydrogen (secondary N) is 1. The van der Waals surface area contributed by atoms with Gasteiger partial charge in [-0.05, 0) is 75.9 Å². The van der Waals surface area contributed by atoms with E-state index in [1.54, 1.807) is 0 Å². The van der Waals surface area contributed by atoms with Gasteiger partial charge >= 0.3 is 0 Å². The highest BCUT2D eigenvalue weighted by Crippen LogP contribution is 2.22. The predicted octanol–water partition coefficient (Wildman–Crippen LogP) is 4.70. The van der Waals surface area contributed by atoms with Gasteiger partial charge < -0.3 is 5.32 Å². The second-order valence-electron chi connectivity index (χ2n) is 8.11. The molecule has 1 atom stereocenters. The van der Waals surface area contributed by atoms with E-state index in [4.69, 9.17) is 0 Å². The van der Waals surface area contributed by atoms with Crippen molar-refractivity contribution >= 4 is 5.91 Å². The Hall–Kier alpha value is -2.13. The second kappa shape index (κ2) is 8.71. The zero-order valence-corrected chi connectivity index (χ0v) is 17.1. The molecule has 0 saturated carbocycles. The molecule has 2 aromatic rings. The van der Waals surface area contributed by atoms with E-state index >= 15 is 0 Å². The Labute approximate surface area is 163 Å². The molecule has 3 heteroatoms. The van der Waals surface area contributed by atoms with E-state index in [-0.39, 0.29) is 17.9 Å². The molecule has 3 nitrogen and oxygen atoms in total. The molecule has 1 N–H and O–H groups in total. The molecule has 0 unspecified atom stereocenters. The van der Waals surface area contributed by atoms with Gasteiger partial charge in [-0.2, -0.15) is 0 Å². The first kappa shape index (κ1) is 19.6. The number of carbonyl (C=O) groups excluding carboxylic acids is 1. The number of amides is 1. The summed E-state index contributed by atoms with van der Waals surface area (Å²) in [5, 5.41) is 3.23. The number of nitrogens with zero attached hydrogens (tertiary/aromatic N) is 1. The Morgan fingerprint density at radius 1 is 1.07 bits per heavy atom. The summed E-state index contributed by atoms with van der Waals surface area (Å²) in [6.45, 7) is 11.4. The van der Waals surface area contributed by atoms with E-state index < -0.39 is 0 Å². The van der Waals surface area contributed by atoms with Gasteiger partial charge in [0.25, 0.3) is 0 Å². The predicted molar refractivity (Wildman–Crippen MR) is 112 cm³/mol. The van der Waals surface area contributed by atoms with Gasteiger partial charge in [-0.15, -0.1) is 0 Å². The number of hydrogen-bond donors (Lipinski definition) is 1. The molecule has 0 spiro atoms. The third-order valence-electron chi connectivity index (χ3n) is 5.84. The Morgan fingerprint density at radius 2 is 1.81 bits per heavy atom. The van der Waals surface area contributed by atoms with Crippen LogP contribution in [-0.4, -0.2) is 23.9 Å². The Morgan fingerprint density at radius 3 is 2.48 bits per heavy atom. The van der Waals surface area contributed by atoms with Crippen LogP contribution in [0.1, 0.15) is 53.6 Å². The van der Waals surface area contributed by atoms with Gasteiger partial charge in [0.15, 0.2) is 0 Å². The van der Waals surface area contributed by atoms with Gasteiger partial charge in [0.2, 0.25) is 5.91 Å². The van der Waals surface area contributed by atoms with Crippen LogP contribution in [0.4, 0.5) is 0 Å². The maximum Gasteiger partial charge on any atom is 0.223 e. The standard InChI is InChI=1S/C24H32N2O/c1-17-6-5-7-21(14-17)16-26-12-10-22(11-13-26)24(27)25-20(4)23-9-8-18(2)19(3)15-23/h5-9,14-15,20,22H,10-13,16H2,1-4H3,(H,25,27)/t20-/m1/s1. The molecule has 0 radical (unpaired) electrons. The molecule has 2 aromatic carbocycles. The zero-order valence-electron chi connectivity index (χ0n) is 17.1. The van der Waals surface area contributed by atoms with Crippen LogP contribution in [0.25, 0.3) is 0 Å². The summed E-state index contributed by atoms with van der Waals surface area (Å²) in [4.78, 5) is 15.2. The van der Waals surface area contributed by atoms with Crippen molar-refractivity contribution in [1.82, 2.24) is 10.2 Å². The molecule has 3 rings (SSSR count). The van der Waals surface area contributed by atoms with Gasteiger partial charge in [-0.25, -0.2) is 0 Å². The van der Waals surface area contributed by atoms with Crippen molar-refractivity contribution in [2.75, 3.05) is 13.1 Å². The van der Waals surface area contributed by atoms with E-state index in [9.17, 15) is 4.79 Å². The van der Waals surface area contributed by atoms with Crippen LogP contribution in [-0.2, 0) is 11.3 Å². The highest BCUT2D eigenvalue weighted by Gasteiger charge is 2.26. The highest BCUT2D eigenvalue weighted by molar-refractivity contribution is 5.79. The highest BCUT2D eigenvalue weighted by atomic mass is 16.1.